The number of nitrogens with one attached hydrogen (secondary N) is 2. The van der Waals surface area contributed by atoms with Gasteiger partial charge in [0.15, 0.2) is 0 Å². The standard InChI is InChI=1S/C22H29N3O5/c1-12(2)9-16(19(23)26)24-21(28)17(10-13(3)4)25-20(27)15-11-14-7-5-6-8-18(14)30-22(15)29/h5-8,11-13,16-17H,9-10H2,1-4H3,(H2,23,26)(H,24,28)(H,25,27)/t16-,17-/m0/s1. The average Bonchev–Trinajstić information content (AvgIpc) is 2.65. The van der Waals surface area contributed by atoms with Crippen molar-refractivity contribution in [3.63, 3.8) is 0 Å². The predicted molar refractivity (Wildman–Crippen MR) is 114 cm³/mol. The Hall–Kier alpha value is -3.16. The van der Waals surface area contributed by atoms with Crippen molar-refractivity contribution in [1.82, 2.24) is 10.6 Å². The Kier molecular flexibility index (Phi) is 7.74. The van der Waals surface area contributed by atoms with Gasteiger partial charge in [0, 0.05) is 5.39 Å². The van der Waals surface area contributed by atoms with Gasteiger partial charge in [0.2, 0.25) is 11.8 Å². The van der Waals surface area contributed by atoms with E-state index in [4.69, 9.17) is 10.2 Å². The molecule has 1 aromatic carbocycles. The zero-order chi connectivity index (χ0) is 22.4. The molecule has 1 heterocycles. The van der Waals surface area contributed by atoms with Crippen LogP contribution < -0.4 is 22.0 Å². The van der Waals surface area contributed by atoms with Crippen LogP contribution in [-0.2, 0) is 9.59 Å². The fraction of sp³-hybridized carbons (Fsp3) is 0.455. The summed E-state index contributed by atoms with van der Waals surface area (Å²) >= 11 is 0. The smallest absolute Gasteiger partial charge is 0.349 e. The molecule has 1 aromatic heterocycles. The Bertz CT molecular complexity index is 980. The van der Waals surface area contributed by atoms with E-state index in [1.54, 1.807) is 24.3 Å². The Morgan fingerprint density at radius 3 is 2.17 bits per heavy atom. The monoisotopic (exact) mass is 415 g/mol. The first-order valence-corrected chi connectivity index (χ1v) is 10.0. The zero-order valence-corrected chi connectivity index (χ0v) is 17.7. The minimum Gasteiger partial charge on any atom is -0.422 e. The van der Waals surface area contributed by atoms with E-state index in [9.17, 15) is 19.2 Å². The first-order valence-electron chi connectivity index (χ1n) is 10.0. The van der Waals surface area contributed by atoms with Gasteiger partial charge in [0.05, 0.1) is 0 Å². The molecule has 0 bridgehead atoms. The molecule has 0 fully saturated rings. The lowest BCUT2D eigenvalue weighted by Crippen LogP contribution is -2.53. The number of carbonyl (C=O) groups excluding carboxylic acids is 3. The van der Waals surface area contributed by atoms with Gasteiger partial charge in [-0.15, -0.1) is 0 Å². The van der Waals surface area contributed by atoms with E-state index in [-0.39, 0.29) is 17.4 Å². The highest BCUT2D eigenvalue weighted by Crippen LogP contribution is 2.13. The van der Waals surface area contributed by atoms with Crippen molar-refractivity contribution >= 4 is 28.7 Å². The van der Waals surface area contributed by atoms with Gasteiger partial charge >= 0.3 is 5.63 Å². The summed E-state index contributed by atoms with van der Waals surface area (Å²) in [6.07, 6.45) is 0.710. The lowest BCUT2D eigenvalue weighted by molar-refractivity contribution is -0.129. The Balaban J connectivity index is 2.24. The molecule has 0 aliphatic carbocycles. The largest absolute Gasteiger partial charge is 0.422 e. The summed E-state index contributed by atoms with van der Waals surface area (Å²) in [5, 5.41) is 5.82. The van der Waals surface area contributed by atoms with E-state index in [2.05, 4.69) is 10.6 Å². The summed E-state index contributed by atoms with van der Waals surface area (Å²) in [7, 11) is 0. The van der Waals surface area contributed by atoms with Crippen molar-refractivity contribution in [1.29, 1.82) is 0 Å². The molecule has 30 heavy (non-hydrogen) atoms. The number of hydrogen-bond acceptors (Lipinski definition) is 5. The first-order chi connectivity index (χ1) is 14.1. The lowest BCUT2D eigenvalue weighted by Gasteiger charge is -2.24. The molecular formula is C22H29N3O5. The van der Waals surface area contributed by atoms with Crippen LogP contribution in [0, 0.1) is 11.8 Å². The summed E-state index contributed by atoms with van der Waals surface area (Å²) in [6, 6.07) is 6.50. The van der Waals surface area contributed by atoms with E-state index >= 15 is 0 Å². The number of fused-ring (bicyclic) bond motifs is 1. The summed E-state index contributed by atoms with van der Waals surface area (Å²) in [5.74, 6) is -1.65. The van der Waals surface area contributed by atoms with Crippen LogP contribution in [0.3, 0.4) is 0 Å². The second kappa shape index (κ2) is 10.0. The van der Waals surface area contributed by atoms with Crippen molar-refractivity contribution in [2.45, 2.75) is 52.6 Å². The number of carbonyl (C=O) groups is 3. The van der Waals surface area contributed by atoms with Crippen LogP contribution in [0.15, 0.2) is 39.5 Å². The van der Waals surface area contributed by atoms with Gasteiger partial charge in [-0.05, 0) is 36.8 Å². The zero-order valence-electron chi connectivity index (χ0n) is 17.7. The Morgan fingerprint density at radius 1 is 0.967 bits per heavy atom. The summed E-state index contributed by atoms with van der Waals surface area (Å²) in [4.78, 5) is 49.5. The molecule has 0 saturated carbocycles. The van der Waals surface area contributed by atoms with Crippen LogP contribution in [0.25, 0.3) is 11.0 Å². The molecule has 162 valence electrons. The quantitative estimate of drug-likeness (QED) is 0.539. The molecule has 4 N–H and O–H groups in total. The predicted octanol–water partition coefficient (Wildman–Crippen LogP) is 1.95. The van der Waals surface area contributed by atoms with E-state index in [0.717, 1.165) is 0 Å². The maximum absolute atomic E-state index is 12.8. The molecule has 0 unspecified atom stereocenters. The SMILES string of the molecule is CC(C)C[C@H](NC(=O)[C@H](CC(C)C)NC(=O)c1cc2ccccc2oc1=O)C(N)=O. The highest BCUT2D eigenvalue weighted by Gasteiger charge is 2.28. The van der Waals surface area contributed by atoms with Gasteiger partial charge in [0.1, 0.15) is 23.2 Å². The number of nitrogens with two attached hydrogens (primary N) is 1. The first kappa shape index (κ1) is 23.1. The minimum atomic E-state index is -0.933. The molecule has 2 aromatic rings. The van der Waals surface area contributed by atoms with Crippen LogP contribution in [0.2, 0.25) is 0 Å². The van der Waals surface area contributed by atoms with Gasteiger partial charge in [-0.25, -0.2) is 4.79 Å². The summed E-state index contributed by atoms with van der Waals surface area (Å²) in [6.45, 7) is 7.62. The maximum atomic E-state index is 12.8. The Labute approximate surface area is 175 Å². The fourth-order valence-corrected chi connectivity index (χ4v) is 3.15. The van der Waals surface area contributed by atoms with E-state index < -0.39 is 35.4 Å². The number of primary amides is 1. The molecular weight excluding hydrogens is 386 g/mol. The average molecular weight is 415 g/mol. The van der Waals surface area contributed by atoms with Gasteiger partial charge in [0.25, 0.3) is 5.91 Å². The number of amides is 3. The number of benzene rings is 1. The molecule has 2 rings (SSSR count). The number of hydrogen-bond donors (Lipinski definition) is 3. The molecule has 0 aliphatic rings. The third-order valence-electron chi connectivity index (χ3n) is 4.58. The number of para-hydroxylation sites is 1. The van der Waals surface area contributed by atoms with Gasteiger partial charge in [-0.3, -0.25) is 14.4 Å². The van der Waals surface area contributed by atoms with Crippen molar-refractivity contribution < 1.29 is 18.8 Å². The lowest BCUT2D eigenvalue weighted by atomic mass is 10.00. The molecule has 8 heteroatoms. The molecule has 0 radical (unpaired) electrons. The van der Waals surface area contributed by atoms with E-state index in [1.165, 1.54) is 6.07 Å². The maximum Gasteiger partial charge on any atom is 0.349 e. The second-order valence-electron chi connectivity index (χ2n) is 8.23. The highest BCUT2D eigenvalue weighted by atomic mass is 16.4. The second-order valence-corrected chi connectivity index (χ2v) is 8.23. The van der Waals surface area contributed by atoms with Crippen LogP contribution in [-0.4, -0.2) is 29.8 Å². The van der Waals surface area contributed by atoms with Crippen molar-refractivity contribution in [2.24, 2.45) is 17.6 Å². The number of rotatable bonds is 9. The van der Waals surface area contributed by atoms with Crippen LogP contribution in [0.1, 0.15) is 50.9 Å². The van der Waals surface area contributed by atoms with Crippen molar-refractivity contribution in [3.05, 3.63) is 46.3 Å². The normalized spacial score (nSPS) is 13.3. The van der Waals surface area contributed by atoms with Gasteiger partial charge in [-0.1, -0.05) is 45.9 Å². The van der Waals surface area contributed by atoms with E-state index in [0.29, 0.717) is 23.8 Å². The van der Waals surface area contributed by atoms with Crippen LogP contribution >= 0.6 is 0 Å². The van der Waals surface area contributed by atoms with Crippen molar-refractivity contribution in [3.8, 4) is 0 Å². The highest BCUT2D eigenvalue weighted by molar-refractivity contribution is 5.99. The van der Waals surface area contributed by atoms with E-state index in [1.807, 2.05) is 27.7 Å². The minimum absolute atomic E-state index is 0.0752. The third-order valence-corrected chi connectivity index (χ3v) is 4.58. The molecule has 2 atom stereocenters. The molecule has 0 saturated heterocycles. The molecule has 0 spiro atoms. The summed E-state index contributed by atoms with van der Waals surface area (Å²) in [5.41, 5.74) is 4.80. The van der Waals surface area contributed by atoms with Crippen molar-refractivity contribution in [2.75, 3.05) is 0 Å². The third kappa shape index (κ3) is 6.17. The molecule has 0 aliphatic heterocycles. The Morgan fingerprint density at radius 2 is 1.57 bits per heavy atom. The molecule has 3 amide bonds. The fourth-order valence-electron chi connectivity index (χ4n) is 3.15. The van der Waals surface area contributed by atoms with Gasteiger partial charge in [-0.2, -0.15) is 0 Å². The molecule has 8 nitrogen and oxygen atoms in total. The van der Waals surface area contributed by atoms with Gasteiger partial charge < -0.3 is 20.8 Å². The van der Waals surface area contributed by atoms with Crippen LogP contribution in [0.5, 0.6) is 0 Å². The summed E-state index contributed by atoms with van der Waals surface area (Å²) < 4.78 is 5.20. The van der Waals surface area contributed by atoms with Crippen LogP contribution in [0.4, 0.5) is 0 Å². The topological polar surface area (TPSA) is 132 Å².